The van der Waals surface area contributed by atoms with Gasteiger partial charge in [-0.3, -0.25) is 9.36 Å². The third-order valence-corrected chi connectivity index (χ3v) is 3.27. The van der Waals surface area contributed by atoms with Crippen LogP contribution in [0.4, 0.5) is 0 Å². The number of ether oxygens (including phenoxy) is 1. The summed E-state index contributed by atoms with van der Waals surface area (Å²) in [6.07, 6.45) is -0.316. The van der Waals surface area contributed by atoms with Crippen LogP contribution in [0, 0.1) is 0 Å². The van der Waals surface area contributed by atoms with E-state index in [0.717, 1.165) is 0 Å². The van der Waals surface area contributed by atoms with Crippen LogP contribution in [-0.2, 0) is 21.9 Å². The maximum atomic E-state index is 10.9. The average Bonchev–Trinajstić information content (AvgIpc) is 2.28. The Labute approximate surface area is 110 Å². The van der Waals surface area contributed by atoms with Crippen molar-refractivity contribution >= 4 is 13.6 Å². The summed E-state index contributed by atoms with van der Waals surface area (Å²) in [6, 6.07) is 3.50. The Morgan fingerprint density at radius 3 is 2.58 bits per heavy atom. The molecule has 0 spiro atoms. The highest BCUT2D eigenvalue weighted by molar-refractivity contribution is 7.50. The number of hydrogen-bond donors (Lipinski definition) is 4. The van der Waals surface area contributed by atoms with Crippen molar-refractivity contribution in [3.8, 4) is 5.75 Å². The number of benzene rings is 1. The lowest BCUT2D eigenvalue weighted by Crippen LogP contribution is -2.32. The summed E-state index contributed by atoms with van der Waals surface area (Å²) in [5.74, 6) is -0.760. The molecule has 0 bridgehead atoms. The highest BCUT2D eigenvalue weighted by Gasteiger charge is 2.18. The molecule has 0 amide bonds. The van der Waals surface area contributed by atoms with Crippen LogP contribution in [0.3, 0.4) is 0 Å². The molecule has 8 heteroatoms. The summed E-state index contributed by atoms with van der Waals surface area (Å²) < 4.78 is 16.0. The van der Waals surface area contributed by atoms with Gasteiger partial charge in [-0.2, -0.15) is 0 Å². The fourth-order valence-electron chi connectivity index (χ4n) is 1.62. The fourth-order valence-corrected chi connectivity index (χ4v) is 2.29. The Hall–Kier alpha value is -1.40. The normalized spacial score (nSPS) is 13.1. The van der Waals surface area contributed by atoms with Crippen LogP contribution in [0.25, 0.3) is 0 Å². The molecule has 0 saturated heterocycles. The lowest BCUT2D eigenvalue weighted by atomic mass is 10.0. The summed E-state index contributed by atoms with van der Waals surface area (Å²) in [6.45, 7) is 0. The van der Waals surface area contributed by atoms with Gasteiger partial charge in [0.05, 0.1) is 13.3 Å². The van der Waals surface area contributed by atoms with Gasteiger partial charge >= 0.3 is 13.6 Å². The summed E-state index contributed by atoms with van der Waals surface area (Å²) in [5.41, 5.74) is 6.42. The van der Waals surface area contributed by atoms with Gasteiger partial charge in [0, 0.05) is 6.42 Å². The average molecular weight is 289 g/mol. The zero-order chi connectivity index (χ0) is 14.6. The van der Waals surface area contributed by atoms with E-state index in [0.29, 0.717) is 16.9 Å². The topological polar surface area (TPSA) is 130 Å². The van der Waals surface area contributed by atoms with Crippen molar-refractivity contribution in [2.75, 3.05) is 7.11 Å². The van der Waals surface area contributed by atoms with Gasteiger partial charge in [-0.1, -0.05) is 12.1 Å². The van der Waals surface area contributed by atoms with Crippen LogP contribution >= 0.6 is 7.60 Å². The molecule has 0 aromatic heterocycles. The van der Waals surface area contributed by atoms with Crippen molar-refractivity contribution in [1.29, 1.82) is 0 Å². The Kier molecular flexibility index (Phi) is 5.08. The molecular weight excluding hydrogens is 273 g/mol. The van der Waals surface area contributed by atoms with Crippen molar-refractivity contribution in [2.24, 2.45) is 5.73 Å². The number of nitrogens with two attached hydrogens (primary N) is 1. The number of carboxylic acids is 1. The summed E-state index contributed by atoms with van der Waals surface area (Å²) in [4.78, 5) is 28.5. The summed E-state index contributed by atoms with van der Waals surface area (Å²) in [7, 11) is -2.76. The second kappa shape index (κ2) is 6.16. The molecular formula is C11H16NO6P. The lowest BCUT2D eigenvalue weighted by Gasteiger charge is -2.13. The largest absolute Gasteiger partial charge is 0.496 e. The molecule has 0 aliphatic carbocycles. The first-order valence-electron chi connectivity index (χ1n) is 5.41. The molecule has 19 heavy (non-hydrogen) atoms. The van der Waals surface area contributed by atoms with Gasteiger partial charge in [0.1, 0.15) is 11.8 Å². The molecule has 1 atom stereocenters. The monoisotopic (exact) mass is 289 g/mol. The van der Waals surface area contributed by atoms with E-state index in [1.54, 1.807) is 6.07 Å². The van der Waals surface area contributed by atoms with E-state index < -0.39 is 25.8 Å². The summed E-state index contributed by atoms with van der Waals surface area (Å²) in [5, 5.41) is 8.75. The highest BCUT2D eigenvalue weighted by atomic mass is 31.2. The zero-order valence-corrected chi connectivity index (χ0v) is 11.2. The number of carbonyl (C=O) groups is 1. The second-order valence-electron chi connectivity index (χ2n) is 4.12. The van der Waals surface area contributed by atoms with Gasteiger partial charge in [0.25, 0.3) is 0 Å². The first-order chi connectivity index (χ1) is 8.73. The predicted octanol–water partition coefficient (Wildman–Crippen LogP) is 0.327. The standard InChI is InChI=1S/C11H16NO6P/c1-18-10-4-7(6-19(15,16)17)2-3-8(10)5-9(12)11(13)14/h2-4,9H,5-6,12H2,1H3,(H,13,14)(H2,15,16,17)/t9-/m0/s1. The van der Waals surface area contributed by atoms with Crippen molar-refractivity contribution in [3.63, 3.8) is 0 Å². The quantitative estimate of drug-likeness (QED) is 0.555. The van der Waals surface area contributed by atoms with Gasteiger partial charge < -0.3 is 25.4 Å². The smallest absolute Gasteiger partial charge is 0.329 e. The van der Waals surface area contributed by atoms with E-state index in [1.807, 2.05) is 0 Å². The molecule has 5 N–H and O–H groups in total. The van der Waals surface area contributed by atoms with Crippen LogP contribution in [0.5, 0.6) is 5.75 Å². The molecule has 0 unspecified atom stereocenters. The zero-order valence-electron chi connectivity index (χ0n) is 10.3. The molecule has 0 aliphatic heterocycles. The Morgan fingerprint density at radius 2 is 2.11 bits per heavy atom. The van der Waals surface area contributed by atoms with Crippen LogP contribution < -0.4 is 10.5 Å². The number of methoxy groups -OCH3 is 1. The maximum absolute atomic E-state index is 10.9. The minimum atomic E-state index is -4.15. The molecule has 0 heterocycles. The van der Waals surface area contributed by atoms with Crippen LogP contribution in [0.1, 0.15) is 11.1 Å². The summed E-state index contributed by atoms with van der Waals surface area (Å²) >= 11 is 0. The number of carboxylic acid groups (broad SMARTS) is 1. The molecule has 1 aromatic rings. The van der Waals surface area contributed by atoms with Crippen molar-refractivity contribution in [1.82, 2.24) is 0 Å². The van der Waals surface area contributed by atoms with Gasteiger partial charge in [-0.25, -0.2) is 0 Å². The maximum Gasteiger partial charge on any atom is 0.329 e. The van der Waals surface area contributed by atoms with E-state index in [2.05, 4.69) is 0 Å². The van der Waals surface area contributed by atoms with Crippen molar-refractivity contribution in [2.45, 2.75) is 18.6 Å². The minimum Gasteiger partial charge on any atom is -0.496 e. The van der Waals surface area contributed by atoms with E-state index in [4.69, 9.17) is 25.4 Å². The first-order valence-corrected chi connectivity index (χ1v) is 7.21. The van der Waals surface area contributed by atoms with E-state index in [-0.39, 0.29) is 6.42 Å². The van der Waals surface area contributed by atoms with Gasteiger partial charge in [-0.05, 0) is 17.2 Å². The third-order valence-electron chi connectivity index (χ3n) is 2.50. The SMILES string of the molecule is COc1cc(CP(=O)(O)O)ccc1C[C@H](N)C(=O)O. The highest BCUT2D eigenvalue weighted by Crippen LogP contribution is 2.40. The Morgan fingerprint density at radius 1 is 1.47 bits per heavy atom. The van der Waals surface area contributed by atoms with Crippen molar-refractivity contribution in [3.05, 3.63) is 29.3 Å². The third kappa shape index (κ3) is 5.00. The lowest BCUT2D eigenvalue weighted by molar-refractivity contribution is -0.138. The van der Waals surface area contributed by atoms with E-state index in [9.17, 15) is 9.36 Å². The number of hydrogen-bond acceptors (Lipinski definition) is 4. The van der Waals surface area contributed by atoms with Crippen LogP contribution in [0.15, 0.2) is 18.2 Å². The van der Waals surface area contributed by atoms with Gasteiger partial charge in [0.15, 0.2) is 0 Å². The fraction of sp³-hybridized carbons (Fsp3) is 0.364. The van der Waals surface area contributed by atoms with Gasteiger partial charge in [0.2, 0.25) is 0 Å². The van der Waals surface area contributed by atoms with Gasteiger partial charge in [-0.15, -0.1) is 0 Å². The minimum absolute atomic E-state index is 0.0781. The van der Waals surface area contributed by atoms with Crippen LogP contribution in [0.2, 0.25) is 0 Å². The Balaban J connectivity index is 2.96. The first kappa shape index (κ1) is 15.7. The molecule has 1 rings (SSSR count). The van der Waals surface area contributed by atoms with E-state index in [1.165, 1.54) is 19.2 Å². The predicted molar refractivity (Wildman–Crippen MR) is 68.1 cm³/mol. The number of aliphatic carboxylic acids is 1. The number of rotatable bonds is 6. The Bertz CT molecular complexity index is 512. The molecule has 0 radical (unpaired) electrons. The van der Waals surface area contributed by atoms with Crippen molar-refractivity contribution < 1.29 is 29.0 Å². The molecule has 0 fully saturated rings. The molecule has 0 aliphatic rings. The van der Waals surface area contributed by atoms with Crippen LogP contribution in [-0.4, -0.2) is 34.0 Å². The molecule has 7 nitrogen and oxygen atoms in total. The molecule has 106 valence electrons. The second-order valence-corrected chi connectivity index (χ2v) is 5.76. The molecule has 0 saturated carbocycles. The van der Waals surface area contributed by atoms with E-state index >= 15 is 0 Å². The molecule has 1 aromatic carbocycles.